The van der Waals surface area contributed by atoms with Gasteiger partial charge in [0.1, 0.15) is 0 Å². The molecule has 6 rings (SSSR count). The molecule has 1 aromatic heterocycles. The maximum absolute atomic E-state index is 11.3. The Bertz CT molecular complexity index is 1270. The van der Waals surface area contributed by atoms with E-state index in [1.54, 1.807) is 0 Å². The number of amides is 1. The van der Waals surface area contributed by atoms with Crippen molar-refractivity contribution >= 4 is 28.2 Å². The van der Waals surface area contributed by atoms with E-state index in [0.717, 1.165) is 61.5 Å². The number of hydrogen-bond donors (Lipinski definition) is 2. The maximum atomic E-state index is 11.3. The smallest absolute Gasteiger partial charge is 0.227 e. The SMILES string of the molecule is CN1CCN(c2ccc(-c3n[nH]c4ccccc34)cc2)CC1.Cc1ccc(NC(=O)C2CC2)cc1. The fourth-order valence-corrected chi connectivity index (χ4v) is 4.31. The fraction of sp³-hybridized carbons (Fsp3) is 0.310. The standard InChI is InChI=1S/C18H20N4.C11H13NO/c1-21-10-12-22(13-11-21)15-8-6-14(7-9-15)18-16-4-2-3-5-17(16)19-20-18;1-8-2-6-10(7-3-8)12-11(13)9-4-5-9/h2-9H,10-13H2,1H3,(H,19,20);2-3,6-7,9H,4-5H2,1H3,(H,12,13). The van der Waals surface area contributed by atoms with Crippen molar-refractivity contribution in [1.29, 1.82) is 0 Å². The molecule has 6 nitrogen and oxygen atoms in total. The average molecular weight is 468 g/mol. The lowest BCUT2D eigenvalue weighted by Gasteiger charge is -2.34. The Labute approximate surface area is 206 Å². The summed E-state index contributed by atoms with van der Waals surface area (Å²) in [6.07, 6.45) is 2.11. The molecule has 1 saturated heterocycles. The van der Waals surface area contributed by atoms with Gasteiger partial charge in [0.2, 0.25) is 5.91 Å². The van der Waals surface area contributed by atoms with Gasteiger partial charge in [-0.2, -0.15) is 5.10 Å². The van der Waals surface area contributed by atoms with Crippen LogP contribution in [-0.4, -0.2) is 54.2 Å². The quantitative estimate of drug-likeness (QED) is 0.426. The van der Waals surface area contributed by atoms with Gasteiger partial charge in [0.05, 0.1) is 11.2 Å². The summed E-state index contributed by atoms with van der Waals surface area (Å²) in [6.45, 7) is 6.49. The van der Waals surface area contributed by atoms with Crippen molar-refractivity contribution in [1.82, 2.24) is 15.1 Å². The lowest BCUT2D eigenvalue weighted by Crippen LogP contribution is -2.44. The lowest BCUT2D eigenvalue weighted by molar-refractivity contribution is -0.117. The molecule has 1 aliphatic heterocycles. The van der Waals surface area contributed by atoms with Gasteiger partial charge in [0, 0.05) is 54.4 Å². The molecule has 1 amide bonds. The zero-order valence-corrected chi connectivity index (χ0v) is 20.5. The number of nitrogens with one attached hydrogen (secondary N) is 2. The summed E-state index contributed by atoms with van der Waals surface area (Å²) in [5.74, 6) is 0.449. The number of nitrogens with zero attached hydrogens (tertiary/aromatic N) is 3. The van der Waals surface area contributed by atoms with Gasteiger partial charge in [0.15, 0.2) is 0 Å². The number of aromatic nitrogens is 2. The van der Waals surface area contributed by atoms with Crippen LogP contribution in [0.2, 0.25) is 0 Å². The number of carbonyl (C=O) groups excluding carboxylic acids is 1. The van der Waals surface area contributed by atoms with E-state index in [9.17, 15) is 4.79 Å². The summed E-state index contributed by atoms with van der Waals surface area (Å²) in [4.78, 5) is 16.2. The molecule has 2 aliphatic rings. The maximum Gasteiger partial charge on any atom is 0.227 e. The summed E-state index contributed by atoms with van der Waals surface area (Å²) in [7, 11) is 2.18. The number of likely N-dealkylation sites (N-methyl/N-ethyl adjacent to an activating group) is 1. The summed E-state index contributed by atoms with van der Waals surface area (Å²) < 4.78 is 0. The first-order valence-corrected chi connectivity index (χ1v) is 12.4. The number of para-hydroxylation sites is 1. The minimum absolute atomic E-state index is 0.170. The molecule has 2 fully saturated rings. The van der Waals surface area contributed by atoms with Gasteiger partial charge in [-0.3, -0.25) is 9.89 Å². The van der Waals surface area contributed by atoms with Crippen molar-refractivity contribution in [2.75, 3.05) is 43.4 Å². The number of benzene rings is 3. The van der Waals surface area contributed by atoms with Crippen molar-refractivity contribution in [3.63, 3.8) is 0 Å². The van der Waals surface area contributed by atoms with Gasteiger partial charge in [-0.1, -0.05) is 48.0 Å². The highest BCUT2D eigenvalue weighted by molar-refractivity contribution is 5.94. The summed E-state index contributed by atoms with van der Waals surface area (Å²) in [6, 6.07) is 24.9. The number of piperazine rings is 1. The van der Waals surface area contributed by atoms with Gasteiger partial charge in [0.25, 0.3) is 0 Å². The lowest BCUT2D eigenvalue weighted by atomic mass is 10.1. The zero-order valence-electron chi connectivity index (χ0n) is 20.5. The van der Waals surface area contributed by atoms with E-state index in [2.05, 4.69) is 74.8 Å². The van der Waals surface area contributed by atoms with Crippen LogP contribution in [0.15, 0.2) is 72.8 Å². The Morgan fingerprint density at radius 2 is 1.60 bits per heavy atom. The molecular weight excluding hydrogens is 434 g/mol. The average Bonchev–Trinajstić information content (AvgIpc) is 3.66. The van der Waals surface area contributed by atoms with Crippen LogP contribution in [0, 0.1) is 12.8 Å². The Morgan fingerprint density at radius 3 is 2.29 bits per heavy atom. The molecule has 0 spiro atoms. The second-order valence-electron chi connectivity index (χ2n) is 9.58. The van der Waals surface area contributed by atoms with Crippen LogP contribution in [0.1, 0.15) is 18.4 Å². The van der Waals surface area contributed by atoms with Crippen LogP contribution < -0.4 is 10.2 Å². The van der Waals surface area contributed by atoms with Crippen LogP contribution in [0.5, 0.6) is 0 Å². The molecule has 2 N–H and O–H groups in total. The Morgan fingerprint density at radius 1 is 0.914 bits per heavy atom. The molecule has 4 aromatic rings. The Kier molecular flexibility index (Phi) is 6.82. The number of fused-ring (bicyclic) bond motifs is 1. The van der Waals surface area contributed by atoms with Gasteiger partial charge < -0.3 is 15.1 Å². The zero-order chi connectivity index (χ0) is 24.2. The topological polar surface area (TPSA) is 64.3 Å². The van der Waals surface area contributed by atoms with E-state index in [1.165, 1.54) is 16.6 Å². The van der Waals surface area contributed by atoms with Crippen molar-refractivity contribution in [3.8, 4) is 11.3 Å². The Balaban J connectivity index is 0.000000166. The minimum atomic E-state index is 0.170. The van der Waals surface area contributed by atoms with Gasteiger partial charge >= 0.3 is 0 Å². The second kappa shape index (κ2) is 10.3. The van der Waals surface area contributed by atoms with E-state index in [4.69, 9.17) is 0 Å². The van der Waals surface area contributed by atoms with Crippen LogP contribution in [-0.2, 0) is 4.79 Å². The highest BCUT2D eigenvalue weighted by Gasteiger charge is 2.29. The third kappa shape index (κ3) is 5.72. The van der Waals surface area contributed by atoms with Crippen LogP contribution >= 0.6 is 0 Å². The molecule has 1 aliphatic carbocycles. The van der Waals surface area contributed by atoms with Crippen molar-refractivity contribution in [2.24, 2.45) is 5.92 Å². The van der Waals surface area contributed by atoms with E-state index < -0.39 is 0 Å². The molecular formula is C29H33N5O. The van der Waals surface area contributed by atoms with Crippen molar-refractivity contribution < 1.29 is 4.79 Å². The number of aryl methyl sites for hydroxylation is 1. The van der Waals surface area contributed by atoms with Crippen molar-refractivity contribution in [2.45, 2.75) is 19.8 Å². The van der Waals surface area contributed by atoms with Gasteiger partial charge in [-0.15, -0.1) is 0 Å². The highest BCUT2D eigenvalue weighted by atomic mass is 16.2. The third-order valence-electron chi connectivity index (χ3n) is 6.75. The van der Waals surface area contributed by atoms with Gasteiger partial charge in [-0.25, -0.2) is 0 Å². The molecule has 0 atom stereocenters. The van der Waals surface area contributed by atoms with Crippen LogP contribution in [0.3, 0.4) is 0 Å². The predicted octanol–water partition coefficient (Wildman–Crippen LogP) is 5.33. The minimum Gasteiger partial charge on any atom is -0.369 e. The van der Waals surface area contributed by atoms with E-state index in [0.29, 0.717) is 0 Å². The fourth-order valence-electron chi connectivity index (χ4n) is 4.31. The van der Waals surface area contributed by atoms with Crippen molar-refractivity contribution in [3.05, 3.63) is 78.4 Å². The third-order valence-corrected chi connectivity index (χ3v) is 6.75. The monoisotopic (exact) mass is 467 g/mol. The summed E-state index contributed by atoms with van der Waals surface area (Å²) in [5.41, 5.74) is 6.69. The normalized spacial score (nSPS) is 16.0. The largest absolute Gasteiger partial charge is 0.369 e. The molecule has 35 heavy (non-hydrogen) atoms. The molecule has 0 radical (unpaired) electrons. The molecule has 0 bridgehead atoms. The molecule has 2 heterocycles. The molecule has 0 unspecified atom stereocenters. The highest BCUT2D eigenvalue weighted by Crippen LogP contribution is 2.30. The number of carbonyl (C=O) groups is 1. The molecule has 6 heteroatoms. The van der Waals surface area contributed by atoms with E-state index in [-0.39, 0.29) is 11.8 Å². The number of H-pyrrole nitrogens is 1. The first kappa shape index (κ1) is 23.1. The number of aromatic amines is 1. The summed E-state index contributed by atoms with van der Waals surface area (Å²) >= 11 is 0. The first-order valence-electron chi connectivity index (χ1n) is 12.4. The summed E-state index contributed by atoms with van der Waals surface area (Å²) in [5, 5.41) is 11.6. The predicted molar refractivity (Wildman–Crippen MR) is 144 cm³/mol. The first-order chi connectivity index (χ1) is 17.1. The number of rotatable bonds is 4. The second-order valence-corrected chi connectivity index (χ2v) is 9.58. The van der Waals surface area contributed by atoms with E-state index in [1.807, 2.05) is 37.3 Å². The Hall–Kier alpha value is -3.64. The van der Waals surface area contributed by atoms with Gasteiger partial charge in [-0.05, 0) is 57.1 Å². The molecule has 3 aromatic carbocycles. The van der Waals surface area contributed by atoms with Crippen LogP contribution in [0.4, 0.5) is 11.4 Å². The number of anilines is 2. The van der Waals surface area contributed by atoms with E-state index >= 15 is 0 Å². The number of hydrogen-bond acceptors (Lipinski definition) is 4. The molecule has 1 saturated carbocycles. The molecule has 180 valence electrons. The van der Waals surface area contributed by atoms with Crippen LogP contribution in [0.25, 0.3) is 22.2 Å².